The van der Waals surface area contributed by atoms with Gasteiger partial charge in [-0.3, -0.25) is 0 Å². The molecule has 0 saturated heterocycles. The van der Waals surface area contributed by atoms with Crippen LogP contribution in [0.5, 0.6) is 5.75 Å². The number of hydrogen-bond donors (Lipinski definition) is 0. The van der Waals surface area contributed by atoms with Crippen molar-refractivity contribution in [1.82, 2.24) is 0 Å². The molecule has 0 saturated carbocycles. The molecule has 2 aromatic carbocycles. The van der Waals surface area contributed by atoms with E-state index in [-0.39, 0.29) is 11.3 Å². The number of fused-ring (bicyclic) bond motifs is 1. The molecule has 136 valence electrons. The lowest BCUT2D eigenvalue weighted by atomic mass is 10.2. The lowest BCUT2D eigenvalue weighted by Crippen LogP contribution is -2.13. The van der Waals surface area contributed by atoms with Crippen molar-refractivity contribution in [3.63, 3.8) is 0 Å². The standard InChI is InChI=1S/C16H8ClF3O5S/c17-13-5-4-11(8-12(13)16(18,19)20)26(22,23)25-10-3-1-9-2-6-15(21)24-14(9)7-10/h1-8H. The van der Waals surface area contributed by atoms with Gasteiger partial charge in [0.2, 0.25) is 0 Å². The average molecular weight is 405 g/mol. The van der Waals surface area contributed by atoms with Crippen LogP contribution in [0.25, 0.3) is 11.0 Å². The van der Waals surface area contributed by atoms with E-state index in [9.17, 15) is 26.4 Å². The first-order valence-corrected chi connectivity index (χ1v) is 8.70. The molecule has 0 atom stereocenters. The van der Waals surface area contributed by atoms with Gasteiger partial charge in [-0.05, 0) is 36.4 Å². The number of alkyl halides is 3. The Morgan fingerprint density at radius 2 is 1.69 bits per heavy atom. The molecule has 5 nitrogen and oxygen atoms in total. The molecule has 0 amide bonds. The summed E-state index contributed by atoms with van der Waals surface area (Å²) in [5, 5.41) is -0.121. The molecule has 0 unspecified atom stereocenters. The van der Waals surface area contributed by atoms with Crippen molar-refractivity contribution in [2.24, 2.45) is 0 Å². The molecule has 0 bridgehead atoms. The maximum absolute atomic E-state index is 12.9. The molecule has 10 heteroatoms. The minimum absolute atomic E-state index is 0.0669. The van der Waals surface area contributed by atoms with E-state index in [1.54, 1.807) is 0 Å². The highest BCUT2D eigenvalue weighted by atomic mass is 35.5. The molecule has 3 rings (SSSR count). The Bertz CT molecular complexity index is 1150. The quantitative estimate of drug-likeness (QED) is 0.482. The summed E-state index contributed by atoms with van der Waals surface area (Å²) < 4.78 is 73.0. The van der Waals surface area contributed by atoms with E-state index < -0.39 is 37.4 Å². The Morgan fingerprint density at radius 1 is 1.00 bits per heavy atom. The van der Waals surface area contributed by atoms with Crippen molar-refractivity contribution in [1.29, 1.82) is 0 Å². The van der Waals surface area contributed by atoms with E-state index in [0.29, 0.717) is 11.5 Å². The fraction of sp³-hybridized carbons (Fsp3) is 0.0625. The highest BCUT2D eigenvalue weighted by molar-refractivity contribution is 7.87. The Labute approximate surface area is 149 Å². The first kappa shape index (κ1) is 18.3. The van der Waals surface area contributed by atoms with Crippen LogP contribution in [0.1, 0.15) is 5.56 Å². The first-order valence-electron chi connectivity index (χ1n) is 6.91. The van der Waals surface area contributed by atoms with Crippen molar-refractivity contribution in [3.05, 3.63) is 69.5 Å². The van der Waals surface area contributed by atoms with Crippen molar-refractivity contribution >= 4 is 32.7 Å². The van der Waals surface area contributed by atoms with E-state index in [0.717, 1.165) is 18.2 Å². The minimum Gasteiger partial charge on any atom is -0.423 e. The highest BCUT2D eigenvalue weighted by Crippen LogP contribution is 2.36. The fourth-order valence-electron chi connectivity index (χ4n) is 2.14. The Balaban J connectivity index is 2.00. The van der Waals surface area contributed by atoms with Gasteiger partial charge >= 0.3 is 21.9 Å². The predicted octanol–water partition coefficient (Wildman–Crippen LogP) is 4.23. The zero-order valence-electron chi connectivity index (χ0n) is 12.6. The lowest BCUT2D eigenvalue weighted by molar-refractivity contribution is -0.137. The summed E-state index contributed by atoms with van der Waals surface area (Å²) >= 11 is 5.47. The largest absolute Gasteiger partial charge is 0.423 e. The van der Waals surface area contributed by atoms with Gasteiger partial charge < -0.3 is 8.60 Å². The molecule has 1 aromatic heterocycles. The molecule has 0 radical (unpaired) electrons. The van der Waals surface area contributed by atoms with Gasteiger partial charge in [0.05, 0.1) is 10.6 Å². The van der Waals surface area contributed by atoms with Crippen LogP contribution in [-0.2, 0) is 16.3 Å². The summed E-state index contributed by atoms with van der Waals surface area (Å²) in [6.45, 7) is 0. The molecule has 0 aliphatic carbocycles. The molecular formula is C16H8ClF3O5S. The highest BCUT2D eigenvalue weighted by Gasteiger charge is 2.34. The normalized spacial score (nSPS) is 12.3. The monoisotopic (exact) mass is 404 g/mol. The smallest absolute Gasteiger partial charge is 0.417 e. The van der Waals surface area contributed by atoms with E-state index in [2.05, 4.69) is 0 Å². The molecule has 0 aliphatic heterocycles. The van der Waals surface area contributed by atoms with Gasteiger partial charge in [0.25, 0.3) is 0 Å². The fourth-order valence-corrected chi connectivity index (χ4v) is 3.32. The molecule has 0 N–H and O–H groups in total. The van der Waals surface area contributed by atoms with Gasteiger partial charge in [-0.15, -0.1) is 0 Å². The number of rotatable bonds is 3. The van der Waals surface area contributed by atoms with Crippen LogP contribution in [0.15, 0.2) is 62.6 Å². The van der Waals surface area contributed by atoms with Gasteiger partial charge in [-0.1, -0.05) is 11.6 Å². The third-order valence-corrected chi connectivity index (χ3v) is 4.91. The molecule has 0 spiro atoms. The second kappa shape index (κ2) is 6.33. The first-order chi connectivity index (χ1) is 12.1. The van der Waals surface area contributed by atoms with Crippen molar-refractivity contribution in [2.45, 2.75) is 11.1 Å². The van der Waals surface area contributed by atoms with Crippen LogP contribution < -0.4 is 9.81 Å². The van der Waals surface area contributed by atoms with Crippen LogP contribution in [0.2, 0.25) is 5.02 Å². The van der Waals surface area contributed by atoms with E-state index >= 15 is 0 Å². The molecule has 0 aliphatic rings. The maximum atomic E-state index is 12.9. The number of benzene rings is 2. The SMILES string of the molecule is O=c1ccc2ccc(OS(=O)(=O)c3ccc(Cl)c(C(F)(F)F)c3)cc2o1. The molecule has 3 aromatic rings. The Morgan fingerprint density at radius 3 is 2.38 bits per heavy atom. The summed E-state index contributed by atoms with van der Waals surface area (Å²) in [7, 11) is -4.57. The van der Waals surface area contributed by atoms with Gasteiger partial charge in [-0.25, -0.2) is 4.79 Å². The average Bonchev–Trinajstić information content (AvgIpc) is 2.53. The van der Waals surface area contributed by atoms with E-state index in [1.807, 2.05) is 0 Å². The summed E-state index contributed by atoms with van der Waals surface area (Å²) in [6, 6.07) is 8.62. The zero-order valence-corrected chi connectivity index (χ0v) is 14.2. The van der Waals surface area contributed by atoms with Crippen LogP contribution >= 0.6 is 11.6 Å². The Kier molecular flexibility index (Phi) is 4.45. The molecule has 0 fully saturated rings. The number of hydrogen-bond acceptors (Lipinski definition) is 5. The van der Waals surface area contributed by atoms with Crippen LogP contribution in [0.4, 0.5) is 13.2 Å². The van der Waals surface area contributed by atoms with Gasteiger partial charge in [-0.2, -0.15) is 21.6 Å². The zero-order chi connectivity index (χ0) is 19.1. The van der Waals surface area contributed by atoms with Crippen molar-refractivity contribution in [2.75, 3.05) is 0 Å². The minimum atomic E-state index is -4.82. The predicted molar refractivity (Wildman–Crippen MR) is 86.8 cm³/mol. The second-order valence-corrected chi connectivity index (χ2v) is 7.08. The van der Waals surface area contributed by atoms with Crippen LogP contribution in [0, 0.1) is 0 Å². The summed E-state index contributed by atoms with van der Waals surface area (Å²) in [4.78, 5) is 10.5. The second-order valence-electron chi connectivity index (χ2n) is 5.13. The van der Waals surface area contributed by atoms with Gasteiger partial charge in [0.15, 0.2) is 0 Å². The Hall–Kier alpha value is -2.52. The third kappa shape index (κ3) is 3.68. The van der Waals surface area contributed by atoms with Crippen molar-refractivity contribution in [3.8, 4) is 5.75 Å². The van der Waals surface area contributed by atoms with E-state index in [1.165, 1.54) is 24.3 Å². The summed E-state index contributed by atoms with van der Waals surface area (Å²) in [5.41, 5.74) is -1.88. The third-order valence-electron chi connectivity index (χ3n) is 3.33. The van der Waals surface area contributed by atoms with Crippen molar-refractivity contribution < 1.29 is 30.2 Å². The molecule has 1 heterocycles. The van der Waals surface area contributed by atoms with Gasteiger partial charge in [0.1, 0.15) is 16.2 Å². The lowest BCUT2D eigenvalue weighted by Gasteiger charge is -2.12. The topological polar surface area (TPSA) is 73.6 Å². The summed E-state index contributed by atoms with van der Waals surface area (Å²) in [6.07, 6.45) is -4.82. The summed E-state index contributed by atoms with van der Waals surface area (Å²) in [5.74, 6) is -0.227. The van der Waals surface area contributed by atoms with E-state index in [4.69, 9.17) is 20.2 Å². The molecular weight excluding hydrogens is 397 g/mol. The number of halogens is 4. The van der Waals surface area contributed by atoms with Gasteiger partial charge in [0, 0.05) is 17.5 Å². The molecule has 26 heavy (non-hydrogen) atoms. The maximum Gasteiger partial charge on any atom is 0.417 e. The van der Waals surface area contributed by atoms with Crippen LogP contribution in [0.3, 0.4) is 0 Å². The van der Waals surface area contributed by atoms with Crippen LogP contribution in [-0.4, -0.2) is 8.42 Å².